The Morgan fingerprint density at radius 3 is 2.14 bits per heavy atom. The smallest absolute Gasteiger partial charge is 0.396 e. The molecule has 2 atom stereocenters. The summed E-state index contributed by atoms with van der Waals surface area (Å²) < 4.78 is 28.7. The molecule has 2 aromatic rings. The molecule has 0 N–H and O–H groups in total. The molecule has 0 aliphatic carbocycles. The maximum Gasteiger partial charge on any atom is 0.396 e. The van der Waals surface area contributed by atoms with Gasteiger partial charge in [-0.05, 0) is 32.6 Å². The van der Waals surface area contributed by atoms with Crippen LogP contribution in [0, 0.1) is 5.92 Å². The predicted molar refractivity (Wildman–Crippen MR) is 138 cm³/mol. The van der Waals surface area contributed by atoms with Crippen LogP contribution in [0.4, 0.5) is 5.69 Å². The maximum atomic E-state index is 14.1. The van der Waals surface area contributed by atoms with Gasteiger partial charge in [-0.15, -0.1) is 0 Å². The SMILES string of the molecule is CCOC([O-])=N[C@@]1([C@H](C)CC(=O)P(=O)(OCC)OCC)C(=O)N(c2ccccc2)N=C1c1ccccc1. The van der Waals surface area contributed by atoms with Crippen molar-refractivity contribution in [2.24, 2.45) is 16.0 Å². The number of carbonyl (C=O) groups is 2. The van der Waals surface area contributed by atoms with Crippen molar-refractivity contribution in [3.05, 3.63) is 66.2 Å². The molecule has 10 nitrogen and oxygen atoms in total. The molecule has 0 spiro atoms. The van der Waals surface area contributed by atoms with E-state index in [2.05, 4.69) is 10.1 Å². The van der Waals surface area contributed by atoms with Gasteiger partial charge >= 0.3 is 7.60 Å². The summed E-state index contributed by atoms with van der Waals surface area (Å²) in [5, 5.41) is 18.5. The van der Waals surface area contributed by atoms with Crippen LogP contribution in [-0.2, 0) is 27.9 Å². The molecule has 0 fully saturated rings. The van der Waals surface area contributed by atoms with Gasteiger partial charge in [-0.3, -0.25) is 14.2 Å². The molecule has 0 radical (unpaired) electrons. The van der Waals surface area contributed by atoms with Crippen LogP contribution in [-0.4, -0.2) is 48.6 Å². The molecule has 0 unspecified atom stereocenters. The third kappa shape index (κ3) is 5.82. The minimum atomic E-state index is -4.13. The Labute approximate surface area is 216 Å². The summed E-state index contributed by atoms with van der Waals surface area (Å²) in [7, 11) is -4.13. The number of hydrogen-bond acceptors (Lipinski definition) is 9. The lowest BCUT2D eigenvalue weighted by Gasteiger charge is -2.33. The monoisotopic (exact) mass is 528 g/mol. The number of hydrogen-bond donors (Lipinski definition) is 0. The van der Waals surface area contributed by atoms with E-state index >= 15 is 0 Å². The number of nitrogens with zero attached hydrogens (tertiary/aromatic N) is 3. The van der Waals surface area contributed by atoms with Gasteiger partial charge in [0.15, 0.2) is 5.54 Å². The van der Waals surface area contributed by atoms with Gasteiger partial charge in [0.1, 0.15) is 11.8 Å². The number of aliphatic imine (C=N–C) groups is 1. The van der Waals surface area contributed by atoms with E-state index in [0.717, 1.165) is 5.01 Å². The van der Waals surface area contributed by atoms with Crippen molar-refractivity contribution in [2.45, 2.75) is 39.7 Å². The van der Waals surface area contributed by atoms with Crippen LogP contribution in [0.15, 0.2) is 70.8 Å². The summed E-state index contributed by atoms with van der Waals surface area (Å²) in [6, 6.07) is 17.5. The number of hydrazone groups is 1. The van der Waals surface area contributed by atoms with Gasteiger partial charge in [-0.25, -0.2) is 4.99 Å². The van der Waals surface area contributed by atoms with Gasteiger partial charge in [0, 0.05) is 17.9 Å². The zero-order valence-electron chi connectivity index (χ0n) is 21.3. The quantitative estimate of drug-likeness (QED) is 0.233. The Hall–Kier alpha value is -3.33. The lowest BCUT2D eigenvalue weighted by molar-refractivity contribution is -0.251. The minimum Gasteiger partial charge on any atom is -0.601 e. The number of para-hydroxylation sites is 1. The minimum absolute atomic E-state index is 0.00676. The highest BCUT2D eigenvalue weighted by molar-refractivity contribution is 7.71. The lowest BCUT2D eigenvalue weighted by atomic mass is 9.77. The van der Waals surface area contributed by atoms with Crippen LogP contribution < -0.4 is 10.1 Å². The standard InChI is InChI=1S/C26H32N3O7P/c1-5-34-25(32)27-26(19(4)18-22(30)37(33,35-6-2)36-7-3)23(20-14-10-8-11-15-20)28-29(24(26)31)21-16-12-9-13-17-21/h8-17,19H,5-7,18H2,1-4H3,(H,27,32)/p-1/t19-,26-/m1/s1. The lowest BCUT2D eigenvalue weighted by Crippen LogP contribution is -2.52. The van der Waals surface area contributed by atoms with Crippen molar-refractivity contribution in [3.63, 3.8) is 0 Å². The van der Waals surface area contributed by atoms with Gasteiger partial charge in [0.2, 0.25) is 5.52 Å². The third-order valence-electron chi connectivity index (χ3n) is 5.76. The molecular weight excluding hydrogens is 497 g/mol. The average Bonchev–Trinajstić information content (AvgIpc) is 3.18. The second-order valence-electron chi connectivity index (χ2n) is 8.18. The molecule has 0 bridgehead atoms. The topological polar surface area (TPSA) is 130 Å². The normalized spacial score (nSPS) is 19.0. The largest absolute Gasteiger partial charge is 0.601 e. The molecule has 37 heavy (non-hydrogen) atoms. The number of ether oxygens (including phenoxy) is 1. The van der Waals surface area contributed by atoms with Gasteiger partial charge in [-0.2, -0.15) is 10.1 Å². The second kappa shape index (κ2) is 12.3. The molecule has 3 rings (SSSR count). The highest BCUT2D eigenvalue weighted by Gasteiger charge is 2.57. The van der Waals surface area contributed by atoms with E-state index in [1.807, 2.05) is 0 Å². The van der Waals surface area contributed by atoms with Crippen molar-refractivity contribution in [2.75, 3.05) is 24.8 Å². The zero-order valence-corrected chi connectivity index (χ0v) is 22.2. The van der Waals surface area contributed by atoms with Crippen molar-refractivity contribution >= 4 is 36.5 Å². The van der Waals surface area contributed by atoms with Crippen molar-refractivity contribution < 1.29 is 33.0 Å². The fourth-order valence-electron chi connectivity index (χ4n) is 4.10. The van der Waals surface area contributed by atoms with Crippen molar-refractivity contribution in [1.29, 1.82) is 0 Å². The maximum absolute atomic E-state index is 14.1. The molecule has 2 aromatic carbocycles. The molecular formula is C26H31N3O7P-. The number of rotatable bonds is 12. The molecule has 198 valence electrons. The van der Waals surface area contributed by atoms with Crippen LogP contribution in [0.25, 0.3) is 0 Å². The Kier molecular flexibility index (Phi) is 9.37. The molecule has 1 aliphatic heterocycles. The first-order valence-electron chi connectivity index (χ1n) is 12.1. The summed E-state index contributed by atoms with van der Waals surface area (Å²) in [6.07, 6.45) is -1.41. The van der Waals surface area contributed by atoms with Gasteiger partial charge in [0.25, 0.3) is 5.91 Å². The van der Waals surface area contributed by atoms with E-state index in [1.54, 1.807) is 88.4 Å². The van der Waals surface area contributed by atoms with Crippen LogP contribution in [0.5, 0.6) is 0 Å². The first kappa shape index (κ1) is 28.2. The Morgan fingerprint density at radius 2 is 1.59 bits per heavy atom. The summed E-state index contributed by atoms with van der Waals surface area (Å²) >= 11 is 0. The van der Waals surface area contributed by atoms with Crippen LogP contribution in [0.2, 0.25) is 0 Å². The van der Waals surface area contributed by atoms with E-state index < -0.39 is 43.0 Å². The summed E-state index contributed by atoms with van der Waals surface area (Å²) in [5.41, 5.74) is -1.62. The number of benzene rings is 2. The Morgan fingerprint density at radius 1 is 1.03 bits per heavy atom. The molecule has 1 amide bonds. The van der Waals surface area contributed by atoms with Gasteiger partial charge < -0.3 is 18.9 Å². The predicted octanol–water partition coefficient (Wildman–Crippen LogP) is 3.75. The number of carbonyl (C=O) groups excluding carboxylic acids is 2. The molecule has 1 heterocycles. The zero-order chi connectivity index (χ0) is 27.1. The number of anilines is 1. The van der Waals surface area contributed by atoms with E-state index in [9.17, 15) is 19.3 Å². The highest BCUT2D eigenvalue weighted by atomic mass is 31.2. The summed E-state index contributed by atoms with van der Waals surface area (Å²) in [5.74, 6) is -1.62. The fraction of sp³-hybridized carbons (Fsp3) is 0.385. The van der Waals surface area contributed by atoms with Crippen molar-refractivity contribution in [3.8, 4) is 0 Å². The first-order chi connectivity index (χ1) is 17.7. The van der Waals surface area contributed by atoms with E-state index in [0.29, 0.717) is 11.3 Å². The summed E-state index contributed by atoms with van der Waals surface area (Å²) in [6.45, 7) is 6.40. The second-order valence-corrected chi connectivity index (χ2v) is 10.2. The highest BCUT2D eigenvalue weighted by Crippen LogP contribution is 2.52. The van der Waals surface area contributed by atoms with Crippen LogP contribution in [0.1, 0.15) is 39.7 Å². The fourth-order valence-corrected chi connectivity index (χ4v) is 5.64. The van der Waals surface area contributed by atoms with Gasteiger partial charge in [0.05, 0.1) is 18.9 Å². The van der Waals surface area contributed by atoms with Crippen LogP contribution >= 0.6 is 7.60 Å². The number of amides is 1. The molecule has 0 aromatic heterocycles. The first-order valence-corrected chi connectivity index (χ1v) is 13.6. The summed E-state index contributed by atoms with van der Waals surface area (Å²) in [4.78, 5) is 31.6. The Bertz CT molecular complexity index is 1190. The molecule has 1 aliphatic rings. The van der Waals surface area contributed by atoms with E-state index in [-0.39, 0.29) is 25.5 Å². The molecule has 0 saturated heterocycles. The van der Waals surface area contributed by atoms with Crippen molar-refractivity contribution in [1.82, 2.24) is 0 Å². The van der Waals surface area contributed by atoms with Crippen LogP contribution in [0.3, 0.4) is 0 Å². The molecule has 11 heteroatoms. The third-order valence-corrected chi connectivity index (χ3v) is 7.75. The molecule has 0 saturated carbocycles. The Balaban J connectivity index is 2.19. The van der Waals surface area contributed by atoms with E-state index in [4.69, 9.17) is 13.8 Å². The average molecular weight is 529 g/mol. The van der Waals surface area contributed by atoms with E-state index in [1.165, 1.54) is 0 Å². The van der Waals surface area contributed by atoms with Gasteiger partial charge in [-0.1, -0.05) is 62.4 Å².